The van der Waals surface area contributed by atoms with Crippen molar-refractivity contribution >= 4 is 11.9 Å². The van der Waals surface area contributed by atoms with Crippen molar-refractivity contribution in [3.63, 3.8) is 0 Å². The first kappa shape index (κ1) is 11.6. The standard InChI is InChI=1S/C8H12O5/c1-5(8(11)12)3-7(10)13-4-6(2)9/h6,9H,1,3-4H2,2H3,(H,11,12). The number of rotatable bonds is 5. The van der Waals surface area contributed by atoms with Crippen molar-refractivity contribution in [3.05, 3.63) is 12.2 Å². The summed E-state index contributed by atoms with van der Waals surface area (Å²) in [5.41, 5.74) is -0.226. The third kappa shape index (κ3) is 5.86. The molecule has 5 nitrogen and oxygen atoms in total. The van der Waals surface area contributed by atoms with E-state index in [4.69, 9.17) is 10.2 Å². The maximum Gasteiger partial charge on any atom is 0.331 e. The Morgan fingerprint density at radius 3 is 2.46 bits per heavy atom. The Morgan fingerprint density at radius 2 is 2.08 bits per heavy atom. The second-order valence-corrected chi connectivity index (χ2v) is 2.62. The molecule has 13 heavy (non-hydrogen) atoms. The van der Waals surface area contributed by atoms with Gasteiger partial charge in [-0.1, -0.05) is 6.58 Å². The number of carboxylic acids is 1. The first-order valence-corrected chi connectivity index (χ1v) is 3.68. The van der Waals surface area contributed by atoms with Crippen molar-refractivity contribution in [1.29, 1.82) is 0 Å². The molecule has 0 bridgehead atoms. The van der Waals surface area contributed by atoms with E-state index in [1.165, 1.54) is 6.92 Å². The minimum absolute atomic E-state index is 0.133. The van der Waals surface area contributed by atoms with Crippen molar-refractivity contribution in [2.45, 2.75) is 19.4 Å². The van der Waals surface area contributed by atoms with Gasteiger partial charge >= 0.3 is 11.9 Å². The minimum atomic E-state index is -1.23. The molecule has 0 spiro atoms. The molecule has 0 saturated heterocycles. The van der Waals surface area contributed by atoms with Gasteiger partial charge in [0.05, 0.1) is 12.5 Å². The molecule has 0 rings (SSSR count). The number of aliphatic carboxylic acids is 1. The maximum atomic E-state index is 10.8. The largest absolute Gasteiger partial charge is 0.478 e. The number of hydrogen-bond acceptors (Lipinski definition) is 4. The van der Waals surface area contributed by atoms with Gasteiger partial charge in [0.15, 0.2) is 0 Å². The molecule has 0 aromatic heterocycles. The molecule has 0 aliphatic rings. The number of carbonyl (C=O) groups is 2. The van der Waals surface area contributed by atoms with Crippen molar-refractivity contribution < 1.29 is 24.5 Å². The van der Waals surface area contributed by atoms with Crippen molar-refractivity contribution in [3.8, 4) is 0 Å². The third-order valence-electron chi connectivity index (χ3n) is 1.15. The SMILES string of the molecule is C=C(CC(=O)OCC(C)O)C(=O)O. The zero-order chi connectivity index (χ0) is 10.4. The smallest absolute Gasteiger partial charge is 0.331 e. The van der Waals surface area contributed by atoms with E-state index in [0.717, 1.165) is 0 Å². The van der Waals surface area contributed by atoms with E-state index in [-0.39, 0.29) is 18.6 Å². The first-order valence-electron chi connectivity index (χ1n) is 3.68. The average Bonchev–Trinajstić information content (AvgIpc) is 2.00. The zero-order valence-electron chi connectivity index (χ0n) is 7.32. The van der Waals surface area contributed by atoms with Gasteiger partial charge in [-0.3, -0.25) is 4.79 Å². The molecule has 0 heterocycles. The van der Waals surface area contributed by atoms with Crippen LogP contribution in [0.25, 0.3) is 0 Å². The summed E-state index contributed by atoms with van der Waals surface area (Å²) in [6.07, 6.45) is -1.11. The summed E-state index contributed by atoms with van der Waals surface area (Å²) >= 11 is 0. The van der Waals surface area contributed by atoms with Crippen molar-refractivity contribution in [2.75, 3.05) is 6.61 Å². The molecule has 0 fully saturated rings. The van der Waals surface area contributed by atoms with Gasteiger partial charge in [0.25, 0.3) is 0 Å². The predicted molar refractivity (Wildman–Crippen MR) is 44.0 cm³/mol. The van der Waals surface area contributed by atoms with Gasteiger partial charge in [-0.2, -0.15) is 0 Å². The van der Waals surface area contributed by atoms with Crippen molar-refractivity contribution in [2.24, 2.45) is 0 Å². The predicted octanol–water partition coefficient (Wildman–Crippen LogP) is -0.0587. The Bertz CT molecular complexity index is 219. The molecule has 0 aromatic rings. The van der Waals surface area contributed by atoms with Gasteiger partial charge in [0.1, 0.15) is 6.61 Å². The normalized spacial score (nSPS) is 11.8. The summed E-state index contributed by atoms with van der Waals surface area (Å²) in [6, 6.07) is 0. The Hall–Kier alpha value is -1.36. The summed E-state index contributed by atoms with van der Waals surface area (Å²) in [5.74, 6) is -1.93. The van der Waals surface area contributed by atoms with Crippen LogP contribution in [-0.2, 0) is 14.3 Å². The fraction of sp³-hybridized carbons (Fsp3) is 0.500. The summed E-state index contributed by atoms with van der Waals surface area (Å²) < 4.78 is 4.51. The molecule has 0 aliphatic heterocycles. The highest BCUT2D eigenvalue weighted by atomic mass is 16.5. The van der Waals surface area contributed by atoms with Crippen LogP contribution in [0, 0.1) is 0 Å². The lowest BCUT2D eigenvalue weighted by molar-refractivity contribution is -0.147. The second-order valence-electron chi connectivity index (χ2n) is 2.62. The van der Waals surface area contributed by atoms with E-state index in [1.807, 2.05) is 0 Å². The van der Waals surface area contributed by atoms with Gasteiger partial charge in [0.2, 0.25) is 0 Å². The summed E-state index contributed by atoms with van der Waals surface area (Å²) in [7, 11) is 0. The number of carbonyl (C=O) groups excluding carboxylic acids is 1. The van der Waals surface area contributed by atoms with Gasteiger partial charge in [-0.25, -0.2) is 4.79 Å². The minimum Gasteiger partial charge on any atom is -0.478 e. The van der Waals surface area contributed by atoms with Crippen LogP contribution in [0.5, 0.6) is 0 Å². The Morgan fingerprint density at radius 1 is 1.54 bits per heavy atom. The molecule has 0 radical (unpaired) electrons. The van der Waals surface area contributed by atoms with Crippen LogP contribution in [0.15, 0.2) is 12.2 Å². The number of ether oxygens (including phenoxy) is 1. The number of hydrogen-bond donors (Lipinski definition) is 2. The van der Waals surface area contributed by atoms with E-state index >= 15 is 0 Å². The van der Waals surface area contributed by atoms with Gasteiger partial charge < -0.3 is 14.9 Å². The molecule has 0 aliphatic carbocycles. The lowest BCUT2D eigenvalue weighted by Gasteiger charge is -2.05. The highest BCUT2D eigenvalue weighted by Gasteiger charge is 2.11. The Labute approximate surface area is 75.6 Å². The lowest BCUT2D eigenvalue weighted by atomic mass is 10.2. The van der Waals surface area contributed by atoms with Gasteiger partial charge in [-0.15, -0.1) is 0 Å². The van der Waals surface area contributed by atoms with Crippen LogP contribution in [0.1, 0.15) is 13.3 Å². The molecule has 0 amide bonds. The highest BCUT2D eigenvalue weighted by Crippen LogP contribution is 2.00. The van der Waals surface area contributed by atoms with E-state index in [2.05, 4.69) is 11.3 Å². The number of aliphatic hydroxyl groups excluding tert-OH is 1. The zero-order valence-corrected chi connectivity index (χ0v) is 7.32. The lowest BCUT2D eigenvalue weighted by Crippen LogP contribution is -2.16. The highest BCUT2D eigenvalue weighted by molar-refractivity contribution is 5.91. The quantitative estimate of drug-likeness (QED) is 0.466. The van der Waals surface area contributed by atoms with Crippen LogP contribution >= 0.6 is 0 Å². The Kier molecular flexibility index (Phi) is 4.76. The maximum absolute atomic E-state index is 10.8. The summed E-state index contributed by atoms with van der Waals surface area (Å²) in [5, 5.41) is 17.1. The molecule has 74 valence electrons. The Balaban J connectivity index is 3.75. The van der Waals surface area contributed by atoms with Gasteiger partial charge in [0, 0.05) is 5.57 Å². The molecule has 0 saturated carbocycles. The van der Waals surface area contributed by atoms with Crippen LogP contribution in [0.2, 0.25) is 0 Å². The van der Waals surface area contributed by atoms with Crippen LogP contribution in [0.3, 0.4) is 0 Å². The van der Waals surface area contributed by atoms with E-state index in [0.29, 0.717) is 0 Å². The molecule has 1 unspecified atom stereocenters. The number of esters is 1. The van der Waals surface area contributed by atoms with Crippen molar-refractivity contribution in [1.82, 2.24) is 0 Å². The molecule has 2 N–H and O–H groups in total. The average molecular weight is 188 g/mol. The topological polar surface area (TPSA) is 83.8 Å². The van der Waals surface area contributed by atoms with E-state index in [9.17, 15) is 9.59 Å². The summed E-state index contributed by atoms with van der Waals surface area (Å²) in [4.78, 5) is 21.0. The second kappa shape index (κ2) is 5.31. The number of carboxylic acid groups (broad SMARTS) is 1. The molecular formula is C8H12O5. The summed E-state index contributed by atoms with van der Waals surface area (Å²) in [6.45, 7) is 4.48. The van der Waals surface area contributed by atoms with Crippen LogP contribution in [-0.4, -0.2) is 34.9 Å². The fourth-order valence-corrected chi connectivity index (χ4v) is 0.514. The first-order chi connectivity index (χ1) is 5.93. The molecule has 5 heteroatoms. The van der Waals surface area contributed by atoms with Gasteiger partial charge in [-0.05, 0) is 6.92 Å². The van der Waals surface area contributed by atoms with E-state index < -0.39 is 18.0 Å². The fourth-order valence-electron chi connectivity index (χ4n) is 0.514. The molecular weight excluding hydrogens is 176 g/mol. The van der Waals surface area contributed by atoms with E-state index in [1.54, 1.807) is 0 Å². The number of aliphatic hydroxyl groups is 1. The molecule has 0 aromatic carbocycles. The van der Waals surface area contributed by atoms with Crippen LogP contribution in [0.4, 0.5) is 0 Å². The van der Waals surface area contributed by atoms with Crippen LogP contribution < -0.4 is 0 Å². The molecule has 1 atom stereocenters. The third-order valence-corrected chi connectivity index (χ3v) is 1.15. The monoisotopic (exact) mass is 188 g/mol.